The number of hydrogen-bond donors (Lipinski definition) is 0. The summed E-state index contributed by atoms with van der Waals surface area (Å²) in [5.41, 5.74) is 3.05. The molecule has 0 unspecified atom stereocenters. The van der Waals surface area contributed by atoms with Crippen LogP contribution in [0.1, 0.15) is 50.2 Å². The summed E-state index contributed by atoms with van der Waals surface area (Å²) in [4.78, 5) is 0. The number of fused-ring (bicyclic) bond motifs is 1. The van der Waals surface area contributed by atoms with Gasteiger partial charge in [-0.15, -0.1) is 0 Å². The van der Waals surface area contributed by atoms with Crippen molar-refractivity contribution in [2.24, 2.45) is 0 Å². The molecule has 1 nitrogen and oxygen atoms in total. The zero-order valence-corrected chi connectivity index (χ0v) is 10.3. The number of unbranched alkanes of at least 4 members (excludes halogenated alkanes) is 2. The van der Waals surface area contributed by atoms with Crippen LogP contribution < -0.4 is 4.74 Å². The first-order chi connectivity index (χ1) is 7.90. The van der Waals surface area contributed by atoms with Crippen molar-refractivity contribution in [2.75, 3.05) is 6.61 Å². The van der Waals surface area contributed by atoms with Crippen LogP contribution in [0.2, 0.25) is 0 Å². The first-order valence-corrected chi connectivity index (χ1v) is 6.65. The quantitative estimate of drug-likeness (QED) is 0.675. The van der Waals surface area contributed by atoms with Gasteiger partial charge in [-0.1, -0.05) is 25.8 Å². The Hall–Kier alpha value is -0.980. The highest BCUT2D eigenvalue weighted by molar-refractivity contribution is 5.37. The maximum atomic E-state index is 5.77. The molecular formula is C15H22O. The van der Waals surface area contributed by atoms with Crippen LogP contribution >= 0.6 is 0 Å². The molecule has 0 bridgehead atoms. The molecular weight excluding hydrogens is 196 g/mol. The minimum absolute atomic E-state index is 0.868. The predicted octanol–water partition coefficient (Wildman–Crippen LogP) is 4.13. The predicted molar refractivity (Wildman–Crippen MR) is 68.1 cm³/mol. The molecule has 0 saturated carbocycles. The lowest BCUT2D eigenvalue weighted by molar-refractivity contribution is 0.306. The third-order valence-electron chi connectivity index (χ3n) is 3.34. The van der Waals surface area contributed by atoms with Crippen LogP contribution in [0.15, 0.2) is 18.2 Å². The Balaban J connectivity index is 1.90. The maximum absolute atomic E-state index is 5.77. The molecule has 1 aromatic rings. The summed E-state index contributed by atoms with van der Waals surface area (Å²) in [6, 6.07) is 6.64. The van der Waals surface area contributed by atoms with E-state index in [2.05, 4.69) is 25.1 Å². The van der Waals surface area contributed by atoms with E-state index in [0.29, 0.717) is 0 Å². The molecule has 0 heterocycles. The van der Waals surface area contributed by atoms with Crippen LogP contribution in [0.5, 0.6) is 5.75 Å². The second kappa shape index (κ2) is 5.93. The summed E-state index contributed by atoms with van der Waals surface area (Å²) in [7, 11) is 0. The van der Waals surface area contributed by atoms with Gasteiger partial charge in [-0.05, 0) is 55.4 Å². The minimum atomic E-state index is 0.868. The Kier molecular flexibility index (Phi) is 4.26. The number of aryl methyl sites for hydroxylation is 2. The standard InChI is InChI=1S/C15H22O/c1-2-3-6-11-16-15-10-9-13-7-4-5-8-14(13)12-15/h9-10,12H,2-8,11H2,1H3. The van der Waals surface area contributed by atoms with Gasteiger partial charge in [-0.3, -0.25) is 0 Å². The Bertz CT molecular complexity index is 330. The number of benzene rings is 1. The lowest BCUT2D eigenvalue weighted by Gasteiger charge is -2.16. The molecule has 16 heavy (non-hydrogen) atoms. The molecule has 88 valence electrons. The Labute approximate surface area is 98.8 Å². The van der Waals surface area contributed by atoms with E-state index in [1.54, 1.807) is 0 Å². The highest BCUT2D eigenvalue weighted by Gasteiger charge is 2.09. The van der Waals surface area contributed by atoms with E-state index in [4.69, 9.17) is 4.74 Å². The summed E-state index contributed by atoms with van der Waals surface area (Å²) in [5, 5.41) is 0. The lowest BCUT2D eigenvalue weighted by Crippen LogP contribution is -2.04. The molecule has 0 radical (unpaired) electrons. The zero-order valence-electron chi connectivity index (χ0n) is 10.3. The van der Waals surface area contributed by atoms with Gasteiger partial charge >= 0.3 is 0 Å². The smallest absolute Gasteiger partial charge is 0.119 e. The van der Waals surface area contributed by atoms with Crippen molar-refractivity contribution >= 4 is 0 Å². The van der Waals surface area contributed by atoms with Crippen LogP contribution in [0.25, 0.3) is 0 Å². The van der Waals surface area contributed by atoms with Gasteiger partial charge in [0, 0.05) is 0 Å². The summed E-state index contributed by atoms with van der Waals surface area (Å²) in [6.07, 6.45) is 8.88. The van der Waals surface area contributed by atoms with Crippen LogP contribution in [-0.4, -0.2) is 6.61 Å². The van der Waals surface area contributed by atoms with E-state index >= 15 is 0 Å². The fraction of sp³-hybridized carbons (Fsp3) is 0.600. The van der Waals surface area contributed by atoms with Crippen LogP contribution in [0.3, 0.4) is 0 Å². The van der Waals surface area contributed by atoms with E-state index in [1.165, 1.54) is 56.1 Å². The van der Waals surface area contributed by atoms with Gasteiger partial charge in [-0.25, -0.2) is 0 Å². The van der Waals surface area contributed by atoms with Crippen LogP contribution in [0.4, 0.5) is 0 Å². The van der Waals surface area contributed by atoms with Crippen LogP contribution in [0, 0.1) is 0 Å². The van der Waals surface area contributed by atoms with E-state index in [-0.39, 0.29) is 0 Å². The van der Waals surface area contributed by atoms with Crippen LogP contribution in [-0.2, 0) is 12.8 Å². The third-order valence-corrected chi connectivity index (χ3v) is 3.34. The molecule has 0 amide bonds. The van der Waals surface area contributed by atoms with Crippen molar-refractivity contribution in [3.8, 4) is 5.75 Å². The molecule has 1 heteroatoms. The van der Waals surface area contributed by atoms with E-state index in [1.807, 2.05) is 0 Å². The SMILES string of the molecule is CCCCCOc1ccc2c(c1)CCCC2. The first-order valence-electron chi connectivity index (χ1n) is 6.65. The molecule has 1 aromatic carbocycles. The molecule has 2 rings (SSSR count). The van der Waals surface area contributed by atoms with Crippen molar-refractivity contribution in [3.63, 3.8) is 0 Å². The summed E-state index contributed by atoms with van der Waals surface area (Å²) >= 11 is 0. The van der Waals surface area contributed by atoms with E-state index in [9.17, 15) is 0 Å². The van der Waals surface area contributed by atoms with Gasteiger partial charge in [0.25, 0.3) is 0 Å². The lowest BCUT2D eigenvalue weighted by atomic mass is 9.92. The van der Waals surface area contributed by atoms with Gasteiger partial charge < -0.3 is 4.74 Å². The molecule has 1 aliphatic carbocycles. The van der Waals surface area contributed by atoms with Crippen molar-refractivity contribution < 1.29 is 4.74 Å². The Morgan fingerprint density at radius 2 is 1.88 bits per heavy atom. The second-order valence-electron chi connectivity index (χ2n) is 4.69. The molecule has 0 saturated heterocycles. The Morgan fingerprint density at radius 1 is 1.06 bits per heavy atom. The summed E-state index contributed by atoms with van der Waals surface area (Å²) in [5.74, 6) is 1.07. The van der Waals surface area contributed by atoms with Crippen molar-refractivity contribution in [2.45, 2.75) is 51.9 Å². The first kappa shape index (κ1) is 11.5. The molecule has 0 aromatic heterocycles. The number of hydrogen-bond acceptors (Lipinski definition) is 1. The molecule has 0 fully saturated rings. The van der Waals surface area contributed by atoms with Gasteiger partial charge in [0.05, 0.1) is 6.61 Å². The minimum Gasteiger partial charge on any atom is -0.494 e. The average Bonchev–Trinajstić information content (AvgIpc) is 2.34. The highest BCUT2D eigenvalue weighted by Crippen LogP contribution is 2.25. The second-order valence-corrected chi connectivity index (χ2v) is 4.69. The molecule has 0 atom stereocenters. The van der Waals surface area contributed by atoms with Crippen molar-refractivity contribution in [3.05, 3.63) is 29.3 Å². The molecule has 0 N–H and O–H groups in total. The van der Waals surface area contributed by atoms with Crippen molar-refractivity contribution in [1.82, 2.24) is 0 Å². The Morgan fingerprint density at radius 3 is 2.69 bits per heavy atom. The van der Waals surface area contributed by atoms with Gasteiger partial charge in [-0.2, -0.15) is 0 Å². The average molecular weight is 218 g/mol. The molecule has 0 aliphatic heterocycles. The van der Waals surface area contributed by atoms with Crippen molar-refractivity contribution in [1.29, 1.82) is 0 Å². The summed E-state index contributed by atoms with van der Waals surface area (Å²) in [6.45, 7) is 3.09. The largest absolute Gasteiger partial charge is 0.494 e. The monoisotopic (exact) mass is 218 g/mol. The fourth-order valence-electron chi connectivity index (χ4n) is 2.34. The van der Waals surface area contributed by atoms with Gasteiger partial charge in [0.1, 0.15) is 5.75 Å². The highest BCUT2D eigenvalue weighted by atomic mass is 16.5. The zero-order chi connectivity index (χ0) is 11.2. The topological polar surface area (TPSA) is 9.23 Å². The number of ether oxygens (including phenoxy) is 1. The maximum Gasteiger partial charge on any atom is 0.119 e. The molecule has 1 aliphatic rings. The van der Waals surface area contributed by atoms with Gasteiger partial charge in [0.15, 0.2) is 0 Å². The van der Waals surface area contributed by atoms with E-state index in [0.717, 1.165) is 12.4 Å². The molecule has 0 spiro atoms. The van der Waals surface area contributed by atoms with E-state index < -0.39 is 0 Å². The fourth-order valence-corrected chi connectivity index (χ4v) is 2.34. The van der Waals surface area contributed by atoms with Gasteiger partial charge in [0.2, 0.25) is 0 Å². The number of rotatable bonds is 5. The summed E-state index contributed by atoms with van der Waals surface area (Å²) < 4.78 is 5.77. The normalized spacial score (nSPS) is 14.6. The third kappa shape index (κ3) is 3.01.